The number of imidazole rings is 1. The molecule has 1 N–H and O–H groups in total. The van der Waals surface area contributed by atoms with E-state index in [2.05, 4.69) is 22.9 Å². The molecule has 1 heterocycles. The number of halogens is 1. The van der Waals surface area contributed by atoms with Gasteiger partial charge in [-0.3, -0.25) is 4.79 Å². The molecule has 0 aliphatic rings. The van der Waals surface area contributed by atoms with Gasteiger partial charge in [0, 0.05) is 6.54 Å². The molecule has 25 heavy (non-hydrogen) atoms. The minimum atomic E-state index is -0.183. The Kier molecular flexibility index (Phi) is 5.71. The average Bonchev–Trinajstić information content (AvgIpc) is 2.98. The second kappa shape index (κ2) is 8.17. The van der Waals surface area contributed by atoms with Gasteiger partial charge in [0.1, 0.15) is 5.82 Å². The molecule has 130 valence electrons. The lowest BCUT2D eigenvalue weighted by Gasteiger charge is -2.10. The van der Waals surface area contributed by atoms with E-state index in [9.17, 15) is 4.79 Å². The third kappa shape index (κ3) is 4.02. The smallest absolute Gasteiger partial charge is 0.253 e. The van der Waals surface area contributed by atoms with Crippen molar-refractivity contribution in [1.29, 1.82) is 0 Å². The molecule has 1 aromatic heterocycles. The molecule has 2 aromatic carbocycles. The number of fused-ring (bicyclic) bond motifs is 1. The maximum Gasteiger partial charge on any atom is 0.253 e. The van der Waals surface area contributed by atoms with Crippen molar-refractivity contribution in [1.82, 2.24) is 14.9 Å². The Hall–Kier alpha value is -2.33. The molecule has 0 saturated carbocycles. The summed E-state index contributed by atoms with van der Waals surface area (Å²) in [5.41, 5.74) is 2.55. The van der Waals surface area contributed by atoms with Crippen molar-refractivity contribution in [2.45, 2.75) is 39.3 Å². The van der Waals surface area contributed by atoms with E-state index in [1.54, 1.807) is 18.2 Å². The van der Waals surface area contributed by atoms with Crippen LogP contribution >= 0.6 is 11.6 Å². The second-order valence-corrected chi connectivity index (χ2v) is 6.45. The van der Waals surface area contributed by atoms with Crippen molar-refractivity contribution in [2.24, 2.45) is 0 Å². The zero-order valence-electron chi connectivity index (χ0n) is 14.3. The summed E-state index contributed by atoms with van der Waals surface area (Å²) in [5, 5.41) is 3.40. The van der Waals surface area contributed by atoms with E-state index in [1.807, 2.05) is 24.3 Å². The Morgan fingerprint density at radius 2 is 1.88 bits per heavy atom. The van der Waals surface area contributed by atoms with E-state index in [4.69, 9.17) is 16.6 Å². The SMILES string of the molecule is CCCCCn1c(CNC(=O)c2ccccc2Cl)nc2ccccc21. The summed E-state index contributed by atoms with van der Waals surface area (Å²) < 4.78 is 2.21. The highest BCUT2D eigenvalue weighted by Crippen LogP contribution is 2.18. The number of carbonyl (C=O) groups is 1. The third-order valence-electron chi connectivity index (χ3n) is 4.24. The Labute approximate surface area is 152 Å². The zero-order valence-corrected chi connectivity index (χ0v) is 15.1. The van der Waals surface area contributed by atoms with Crippen LogP contribution in [0.3, 0.4) is 0 Å². The van der Waals surface area contributed by atoms with Crippen LogP contribution in [-0.4, -0.2) is 15.5 Å². The molecule has 0 aliphatic carbocycles. The van der Waals surface area contributed by atoms with Crippen LogP contribution in [0.25, 0.3) is 11.0 Å². The highest BCUT2D eigenvalue weighted by Gasteiger charge is 2.13. The van der Waals surface area contributed by atoms with Gasteiger partial charge in [-0.1, -0.05) is 55.6 Å². The minimum Gasteiger partial charge on any atom is -0.345 e. The highest BCUT2D eigenvalue weighted by atomic mass is 35.5. The van der Waals surface area contributed by atoms with E-state index in [1.165, 1.54) is 12.8 Å². The van der Waals surface area contributed by atoms with Crippen LogP contribution in [0.1, 0.15) is 42.4 Å². The first-order chi connectivity index (χ1) is 12.2. The standard InChI is InChI=1S/C20H22ClN3O/c1-2-3-8-13-24-18-12-7-6-11-17(18)23-19(24)14-22-20(25)15-9-4-5-10-16(15)21/h4-7,9-12H,2-3,8,13-14H2,1H3,(H,22,25). The molecular weight excluding hydrogens is 334 g/mol. The molecule has 3 rings (SSSR count). The van der Waals surface area contributed by atoms with Crippen LogP contribution < -0.4 is 5.32 Å². The van der Waals surface area contributed by atoms with Crippen molar-refractivity contribution >= 4 is 28.5 Å². The lowest BCUT2D eigenvalue weighted by molar-refractivity contribution is 0.0949. The Morgan fingerprint density at radius 3 is 2.68 bits per heavy atom. The summed E-state index contributed by atoms with van der Waals surface area (Å²) in [4.78, 5) is 17.1. The highest BCUT2D eigenvalue weighted by molar-refractivity contribution is 6.33. The van der Waals surface area contributed by atoms with Gasteiger partial charge in [0.15, 0.2) is 0 Å². The van der Waals surface area contributed by atoms with E-state index in [0.29, 0.717) is 17.1 Å². The summed E-state index contributed by atoms with van der Waals surface area (Å²) in [6, 6.07) is 15.1. The number of hydrogen-bond donors (Lipinski definition) is 1. The molecule has 1 amide bonds. The summed E-state index contributed by atoms with van der Waals surface area (Å²) in [7, 11) is 0. The van der Waals surface area contributed by atoms with E-state index in [0.717, 1.165) is 29.8 Å². The van der Waals surface area contributed by atoms with Gasteiger partial charge >= 0.3 is 0 Å². The zero-order chi connectivity index (χ0) is 17.6. The Morgan fingerprint density at radius 1 is 1.12 bits per heavy atom. The monoisotopic (exact) mass is 355 g/mol. The van der Waals surface area contributed by atoms with Crippen LogP contribution in [0, 0.1) is 0 Å². The first-order valence-electron chi connectivity index (χ1n) is 8.67. The first kappa shape index (κ1) is 17.5. The van der Waals surface area contributed by atoms with Crippen molar-refractivity contribution < 1.29 is 4.79 Å². The van der Waals surface area contributed by atoms with Crippen LogP contribution in [0.4, 0.5) is 0 Å². The van der Waals surface area contributed by atoms with Crippen LogP contribution in [0.5, 0.6) is 0 Å². The number of aryl methyl sites for hydroxylation is 1. The number of rotatable bonds is 7. The molecule has 0 atom stereocenters. The number of hydrogen-bond acceptors (Lipinski definition) is 2. The second-order valence-electron chi connectivity index (χ2n) is 6.04. The number of benzene rings is 2. The molecule has 4 nitrogen and oxygen atoms in total. The van der Waals surface area contributed by atoms with Gasteiger partial charge in [0.2, 0.25) is 0 Å². The summed E-state index contributed by atoms with van der Waals surface area (Å²) in [6.45, 7) is 3.48. The Bertz CT molecular complexity index is 872. The number of aromatic nitrogens is 2. The normalized spacial score (nSPS) is 11.0. The fourth-order valence-corrected chi connectivity index (χ4v) is 3.15. The van der Waals surface area contributed by atoms with E-state index >= 15 is 0 Å². The third-order valence-corrected chi connectivity index (χ3v) is 4.57. The number of nitrogens with zero attached hydrogens (tertiary/aromatic N) is 2. The van der Waals surface area contributed by atoms with Crippen LogP contribution in [0.15, 0.2) is 48.5 Å². The van der Waals surface area contributed by atoms with Crippen LogP contribution in [0.2, 0.25) is 5.02 Å². The van der Waals surface area contributed by atoms with Gasteiger partial charge in [-0.05, 0) is 30.7 Å². The molecule has 0 unspecified atom stereocenters. The molecular formula is C20H22ClN3O. The topological polar surface area (TPSA) is 46.9 Å². The van der Waals surface area contributed by atoms with Gasteiger partial charge in [-0.2, -0.15) is 0 Å². The van der Waals surface area contributed by atoms with Crippen molar-refractivity contribution in [3.05, 3.63) is 64.9 Å². The fourth-order valence-electron chi connectivity index (χ4n) is 2.93. The lowest BCUT2D eigenvalue weighted by Crippen LogP contribution is -2.25. The van der Waals surface area contributed by atoms with Gasteiger partial charge < -0.3 is 9.88 Å². The summed E-state index contributed by atoms with van der Waals surface area (Å²) in [6.07, 6.45) is 3.45. The first-order valence-corrected chi connectivity index (χ1v) is 9.05. The number of para-hydroxylation sites is 2. The van der Waals surface area contributed by atoms with Gasteiger partial charge in [0.05, 0.1) is 28.2 Å². The van der Waals surface area contributed by atoms with Crippen molar-refractivity contribution in [3.8, 4) is 0 Å². The molecule has 0 radical (unpaired) electrons. The van der Waals surface area contributed by atoms with E-state index < -0.39 is 0 Å². The number of carbonyl (C=O) groups excluding carboxylic acids is 1. The van der Waals surface area contributed by atoms with Crippen molar-refractivity contribution in [3.63, 3.8) is 0 Å². The number of nitrogens with one attached hydrogen (secondary N) is 1. The maximum absolute atomic E-state index is 12.4. The molecule has 5 heteroatoms. The van der Waals surface area contributed by atoms with Gasteiger partial charge in [0.25, 0.3) is 5.91 Å². The quantitative estimate of drug-likeness (QED) is 0.618. The predicted molar refractivity (Wildman–Crippen MR) is 102 cm³/mol. The fraction of sp³-hybridized carbons (Fsp3) is 0.300. The molecule has 0 saturated heterocycles. The van der Waals surface area contributed by atoms with E-state index in [-0.39, 0.29) is 5.91 Å². The summed E-state index contributed by atoms with van der Waals surface area (Å²) in [5.74, 6) is 0.690. The number of amides is 1. The van der Waals surface area contributed by atoms with Gasteiger partial charge in [-0.15, -0.1) is 0 Å². The lowest BCUT2D eigenvalue weighted by atomic mass is 10.2. The summed E-state index contributed by atoms with van der Waals surface area (Å²) >= 11 is 6.10. The van der Waals surface area contributed by atoms with Crippen molar-refractivity contribution in [2.75, 3.05) is 0 Å². The average molecular weight is 356 g/mol. The minimum absolute atomic E-state index is 0.183. The number of unbranched alkanes of at least 4 members (excludes halogenated alkanes) is 2. The molecule has 3 aromatic rings. The maximum atomic E-state index is 12.4. The van der Waals surface area contributed by atoms with Gasteiger partial charge in [-0.25, -0.2) is 4.98 Å². The Balaban J connectivity index is 1.79. The molecule has 0 bridgehead atoms. The van der Waals surface area contributed by atoms with Crippen LogP contribution in [-0.2, 0) is 13.1 Å². The molecule has 0 aliphatic heterocycles. The predicted octanol–water partition coefficient (Wildman–Crippen LogP) is 4.81. The largest absolute Gasteiger partial charge is 0.345 e. The molecule has 0 fully saturated rings. The molecule has 0 spiro atoms.